The first-order chi connectivity index (χ1) is 13.6. The van der Waals surface area contributed by atoms with Crippen molar-refractivity contribution in [2.45, 2.75) is 45.3 Å². The molecule has 148 valence electrons. The fraction of sp³-hybridized carbons (Fsp3) is 0.455. The van der Waals surface area contributed by atoms with Crippen molar-refractivity contribution >= 4 is 28.0 Å². The van der Waals surface area contributed by atoms with E-state index in [9.17, 15) is 9.59 Å². The van der Waals surface area contributed by atoms with Crippen LogP contribution in [0.2, 0.25) is 0 Å². The van der Waals surface area contributed by atoms with Crippen molar-refractivity contribution in [1.29, 1.82) is 0 Å². The molecule has 1 aromatic carbocycles. The lowest BCUT2D eigenvalue weighted by Crippen LogP contribution is -2.22. The maximum Gasteiger partial charge on any atom is 0.228 e. The summed E-state index contributed by atoms with van der Waals surface area (Å²) in [7, 11) is 1.69. The molecule has 2 unspecified atom stereocenters. The molecule has 28 heavy (non-hydrogen) atoms. The summed E-state index contributed by atoms with van der Waals surface area (Å²) in [5.41, 5.74) is 3.42. The number of rotatable bonds is 5. The topological polar surface area (TPSA) is 64.6 Å². The Morgan fingerprint density at radius 1 is 1.21 bits per heavy atom. The third-order valence-corrected chi connectivity index (χ3v) is 6.81. The van der Waals surface area contributed by atoms with E-state index in [0.29, 0.717) is 35.8 Å². The van der Waals surface area contributed by atoms with Crippen LogP contribution in [0.4, 0.5) is 5.00 Å². The number of aryl methyl sites for hydroxylation is 1. The molecule has 2 aromatic rings. The minimum atomic E-state index is -0.0670. The van der Waals surface area contributed by atoms with E-state index in [1.807, 2.05) is 31.2 Å². The predicted octanol–water partition coefficient (Wildman–Crippen LogP) is 4.11. The molecule has 1 N–H and O–H groups in total. The molecule has 1 aromatic heterocycles. The Morgan fingerprint density at radius 3 is 2.71 bits per heavy atom. The summed E-state index contributed by atoms with van der Waals surface area (Å²) in [6.45, 7) is 3.10. The van der Waals surface area contributed by atoms with Crippen LogP contribution >= 0.6 is 11.3 Å². The average molecular weight is 400 g/mol. The molecule has 4 rings (SSSR count). The summed E-state index contributed by atoms with van der Waals surface area (Å²) >= 11 is 1.47. The van der Waals surface area contributed by atoms with Gasteiger partial charge < -0.3 is 14.8 Å². The van der Waals surface area contributed by atoms with E-state index in [1.54, 1.807) is 7.11 Å². The number of hydrogen-bond acceptors (Lipinski definition) is 5. The number of nitrogens with one attached hydrogen (secondary N) is 1. The number of ether oxygens (including phenoxy) is 2. The monoisotopic (exact) mass is 399 g/mol. The Morgan fingerprint density at radius 2 is 2.00 bits per heavy atom. The van der Waals surface area contributed by atoms with E-state index in [1.165, 1.54) is 11.3 Å². The third-order valence-electron chi connectivity index (χ3n) is 5.69. The lowest BCUT2D eigenvalue weighted by atomic mass is 9.97. The van der Waals surface area contributed by atoms with Crippen LogP contribution in [-0.2, 0) is 27.3 Å². The molecule has 1 fully saturated rings. The van der Waals surface area contributed by atoms with Gasteiger partial charge in [0.25, 0.3) is 0 Å². The van der Waals surface area contributed by atoms with Crippen LogP contribution in [0.1, 0.15) is 51.2 Å². The average Bonchev–Trinajstić information content (AvgIpc) is 3.32. The van der Waals surface area contributed by atoms with Crippen LogP contribution in [0.5, 0.6) is 0 Å². The van der Waals surface area contributed by atoms with Gasteiger partial charge in [-0.15, -0.1) is 11.3 Å². The summed E-state index contributed by atoms with van der Waals surface area (Å²) in [5.74, 6) is -0.115. The summed E-state index contributed by atoms with van der Waals surface area (Å²) in [6.07, 6.45) is 3.30. The Kier molecular flexibility index (Phi) is 5.62. The number of methoxy groups -OCH3 is 1. The van der Waals surface area contributed by atoms with Gasteiger partial charge in [-0.3, -0.25) is 9.59 Å². The number of anilines is 1. The van der Waals surface area contributed by atoms with Crippen molar-refractivity contribution in [2.75, 3.05) is 19.0 Å². The number of carbonyl (C=O) groups excluding carboxylic acids is 2. The zero-order chi connectivity index (χ0) is 19.7. The quantitative estimate of drug-likeness (QED) is 0.769. The highest BCUT2D eigenvalue weighted by molar-refractivity contribution is 7.17. The summed E-state index contributed by atoms with van der Waals surface area (Å²) in [4.78, 5) is 27.2. The third kappa shape index (κ3) is 3.77. The molecule has 1 saturated carbocycles. The standard InChI is InChI=1S/C22H25NO4S/c1-13-3-5-14(6-4-13)20(24)19-17-9-10-27-12-18(17)28-22(19)23-21(25)15-7-8-16(11-15)26-2/h3-6,15-16H,7-12H2,1-2H3,(H,23,25). The van der Waals surface area contributed by atoms with E-state index < -0.39 is 0 Å². The second kappa shape index (κ2) is 8.15. The zero-order valence-corrected chi connectivity index (χ0v) is 17.1. The van der Waals surface area contributed by atoms with Crippen molar-refractivity contribution in [3.63, 3.8) is 0 Å². The van der Waals surface area contributed by atoms with Gasteiger partial charge in [0.2, 0.25) is 5.91 Å². The molecule has 6 heteroatoms. The molecule has 0 radical (unpaired) electrons. The minimum Gasteiger partial charge on any atom is -0.381 e. The molecule has 2 aliphatic rings. The smallest absolute Gasteiger partial charge is 0.228 e. The summed E-state index contributed by atoms with van der Waals surface area (Å²) in [6, 6.07) is 7.59. The highest BCUT2D eigenvalue weighted by Gasteiger charge is 2.32. The van der Waals surface area contributed by atoms with Gasteiger partial charge in [-0.2, -0.15) is 0 Å². The van der Waals surface area contributed by atoms with Gasteiger partial charge in [-0.05, 0) is 38.2 Å². The number of thiophene rings is 1. The number of benzene rings is 1. The Labute approximate surface area is 169 Å². The maximum atomic E-state index is 13.3. The second-order valence-electron chi connectivity index (χ2n) is 7.56. The van der Waals surface area contributed by atoms with Crippen LogP contribution in [0.25, 0.3) is 0 Å². The first kappa shape index (κ1) is 19.3. The van der Waals surface area contributed by atoms with Gasteiger partial charge in [0, 0.05) is 23.5 Å². The summed E-state index contributed by atoms with van der Waals surface area (Å²) < 4.78 is 11.0. The normalized spacial score (nSPS) is 21.4. The first-order valence-electron chi connectivity index (χ1n) is 9.74. The van der Waals surface area contributed by atoms with E-state index >= 15 is 0 Å². The van der Waals surface area contributed by atoms with Crippen LogP contribution in [0, 0.1) is 12.8 Å². The van der Waals surface area contributed by atoms with Gasteiger partial charge >= 0.3 is 0 Å². The summed E-state index contributed by atoms with van der Waals surface area (Å²) in [5, 5.41) is 3.72. The Balaban J connectivity index is 1.63. The molecule has 2 atom stereocenters. The van der Waals surface area contributed by atoms with Crippen molar-refractivity contribution in [3.05, 3.63) is 51.4 Å². The molecule has 0 bridgehead atoms. The van der Waals surface area contributed by atoms with Gasteiger partial charge in [0.15, 0.2) is 5.78 Å². The Hall–Kier alpha value is -2.02. The van der Waals surface area contributed by atoms with Crippen LogP contribution in [-0.4, -0.2) is 31.5 Å². The molecule has 2 heterocycles. The molecule has 1 aliphatic heterocycles. The minimum absolute atomic E-state index is 0.0166. The number of ketones is 1. The SMILES string of the molecule is COC1CCC(C(=O)Nc2sc3c(c2C(=O)c2ccc(C)cc2)CCOC3)C1. The van der Waals surface area contributed by atoms with E-state index in [0.717, 1.165) is 35.3 Å². The lowest BCUT2D eigenvalue weighted by Gasteiger charge is -2.14. The highest BCUT2D eigenvalue weighted by Crippen LogP contribution is 2.39. The Bertz CT molecular complexity index is 887. The molecule has 5 nitrogen and oxygen atoms in total. The van der Waals surface area contributed by atoms with Crippen LogP contribution < -0.4 is 5.32 Å². The zero-order valence-electron chi connectivity index (χ0n) is 16.2. The van der Waals surface area contributed by atoms with Crippen molar-refractivity contribution in [1.82, 2.24) is 0 Å². The van der Waals surface area contributed by atoms with Crippen molar-refractivity contribution in [2.24, 2.45) is 5.92 Å². The number of amides is 1. The molecule has 0 saturated heterocycles. The van der Waals surface area contributed by atoms with Gasteiger partial charge in [0.05, 0.1) is 24.9 Å². The molecular formula is C22H25NO4S. The molecule has 1 amide bonds. The predicted molar refractivity (Wildman–Crippen MR) is 109 cm³/mol. The fourth-order valence-electron chi connectivity index (χ4n) is 4.02. The number of hydrogen-bond donors (Lipinski definition) is 1. The highest BCUT2D eigenvalue weighted by atomic mass is 32.1. The van der Waals surface area contributed by atoms with Crippen molar-refractivity contribution in [3.8, 4) is 0 Å². The number of carbonyl (C=O) groups is 2. The van der Waals surface area contributed by atoms with Crippen LogP contribution in [0.15, 0.2) is 24.3 Å². The van der Waals surface area contributed by atoms with Crippen molar-refractivity contribution < 1.29 is 19.1 Å². The lowest BCUT2D eigenvalue weighted by molar-refractivity contribution is -0.119. The molecule has 0 spiro atoms. The number of fused-ring (bicyclic) bond motifs is 1. The van der Waals surface area contributed by atoms with Gasteiger partial charge in [-0.1, -0.05) is 29.8 Å². The maximum absolute atomic E-state index is 13.3. The first-order valence-corrected chi connectivity index (χ1v) is 10.6. The van der Waals surface area contributed by atoms with Gasteiger partial charge in [-0.25, -0.2) is 0 Å². The molecule has 1 aliphatic carbocycles. The van der Waals surface area contributed by atoms with E-state index in [-0.39, 0.29) is 23.7 Å². The van der Waals surface area contributed by atoms with E-state index in [2.05, 4.69) is 5.32 Å². The van der Waals surface area contributed by atoms with Gasteiger partial charge in [0.1, 0.15) is 5.00 Å². The second-order valence-corrected chi connectivity index (χ2v) is 8.67. The van der Waals surface area contributed by atoms with E-state index in [4.69, 9.17) is 9.47 Å². The molecular weight excluding hydrogens is 374 g/mol. The fourth-order valence-corrected chi connectivity index (χ4v) is 5.20. The van der Waals surface area contributed by atoms with Crippen LogP contribution in [0.3, 0.4) is 0 Å². The largest absolute Gasteiger partial charge is 0.381 e.